The second-order valence-electron chi connectivity index (χ2n) is 8.10. The summed E-state index contributed by atoms with van der Waals surface area (Å²) in [6, 6.07) is 19.4. The van der Waals surface area contributed by atoms with Crippen molar-refractivity contribution in [2.24, 2.45) is 16.8 Å². The zero-order valence-corrected chi connectivity index (χ0v) is 18.3. The van der Waals surface area contributed by atoms with E-state index >= 15 is 0 Å². The lowest BCUT2D eigenvalue weighted by Crippen LogP contribution is -2.15. The van der Waals surface area contributed by atoms with Crippen LogP contribution in [0.15, 0.2) is 71.6 Å². The molecule has 6 N–H and O–H groups in total. The number of nitrogen functional groups attached to an aromatic ring is 1. The zero-order chi connectivity index (χ0) is 23.0. The average molecular weight is 449 g/mol. The van der Waals surface area contributed by atoms with Crippen LogP contribution in [0.2, 0.25) is 0 Å². The molecule has 4 rings (SSSR count). The van der Waals surface area contributed by atoms with Crippen LogP contribution in [-0.4, -0.2) is 20.2 Å². The van der Waals surface area contributed by atoms with Crippen molar-refractivity contribution in [2.75, 3.05) is 5.32 Å². The first-order chi connectivity index (χ1) is 15.1. The largest absolute Gasteiger partial charge is 0.384 e. The summed E-state index contributed by atoms with van der Waals surface area (Å²) in [6.45, 7) is 1.88. The number of rotatable bonds is 6. The number of carbonyl (C=O) groups excluding carboxylic acids is 1. The van der Waals surface area contributed by atoms with Crippen molar-refractivity contribution in [3.63, 3.8) is 0 Å². The molecule has 8 heteroatoms. The molecule has 3 aromatic carbocycles. The zero-order valence-electron chi connectivity index (χ0n) is 17.5. The summed E-state index contributed by atoms with van der Waals surface area (Å²) < 4.78 is 23.9. The lowest BCUT2D eigenvalue weighted by molar-refractivity contribution is -0.117. The summed E-state index contributed by atoms with van der Waals surface area (Å²) in [5.74, 6) is -0.0922. The molecule has 0 heterocycles. The van der Waals surface area contributed by atoms with E-state index in [0.717, 1.165) is 17.5 Å². The number of hydrogen-bond donors (Lipinski definition) is 4. The smallest absolute Gasteiger partial charge is 0.238 e. The van der Waals surface area contributed by atoms with Crippen LogP contribution in [0.25, 0.3) is 11.1 Å². The first-order valence-electron chi connectivity index (χ1n) is 10.1. The number of amidine groups is 1. The van der Waals surface area contributed by atoms with Crippen molar-refractivity contribution in [3.8, 4) is 11.1 Å². The normalized spacial score (nSPS) is 17.6. The maximum atomic E-state index is 12.7. The van der Waals surface area contributed by atoms with Gasteiger partial charge in [-0.3, -0.25) is 10.2 Å². The third-order valence-electron chi connectivity index (χ3n) is 5.66. The van der Waals surface area contributed by atoms with Gasteiger partial charge in [0.1, 0.15) is 5.84 Å². The van der Waals surface area contributed by atoms with Gasteiger partial charge in [0, 0.05) is 22.7 Å². The minimum Gasteiger partial charge on any atom is -0.384 e. The molecular weight excluding hydrogens is 424 g/mol. The molecule has 1 saturated carbocycles. The van der Waals surface area contributed by atoms with Gasteiger partial charge in [0.2, 0.25) is 15.9 Å². The molecule has 0 aliphatic heterocycles. The van der Waals surface area contributed by atoms with Gasteiger partial charge in [0.15, 0.2) is 0 Å². The molecule has 0 saturated heterocycles. The van der Waals surface area contributed by atoms with Crippen LogP contribution >= 0.6 is 0 Å². The van der Waals surface area contributed by atoms with E-state index in [1.807, 2.05) is 25.1 Å². The highest BCUT2D eigenvalue weighted by Gasteiger charge is 2.44. The van der Waals surface area contributed by atoms with E-state index in [1.165, 1.54) is 6.07 Å². The van der Waals surface area contributed by atoms with Gasteiger partial charge in [-0.2, -0.15) is 0 Å². The number of anilines is 1. The molecule has 3 aromatic rings. The molecule has 7 nitrogen and oxygen atoms in total. The molecule has 0 unspecified atom stereocenters. The molecule has 1 fully saturated rings. The van der Waals surface area contributed by atoms with Gasteiger partial charge in [0.25, 0.3) is 0 Å². The number of benzene rings is 3. The number of nitrogens with two attached hydrogens (primary N) is 2. The first-order valence-corrected chi connectivity index (χ1v) is 11.7. The van der Waals surface area contributed by atoms with E-state index in [4.69, 9.17) is 16.3 Å². The fraction of sp³-hybridized carbons (Fsp3) is 0.167. The van der Waals surface area contributed by atoms with Gasteiger partial charge in [-0.15, -0.1) is 0 Å². The average Bonchev–Trinajstić information content (AvgIpc) is 3.54. The van der Waals surface area contributed by atoms with Crippen molar-refractivity contribution < 1.29 is 13.2 Å². The van der Waals surface area contributed by atoms with Crippen LogP contribution < -0.4 is 16.2 Å². The van der Waals surface area contributed by atoms with Crippen molar-refractivity contribution in [3.05, 3.63) is 83.4 Å². The van der Waals surface area contributed by atoms with E-state index < -0.39 is 10.0 Å². The van der Waals surface area contributed by atoms with Gasteiger partial charge in [0.05, 0.1) is 4.90 Å². The van der Waals surface area contributed by atoms with Crippen molar-refractivity contribution >= 4 is 27.5 Å². The number of hydrogen-bond acceptors (Lipinski definition) is 4. The summed E-state index contributed by atoms with van der Waals surface area (Å²) in [6.07, 6.45) is 0.742. The summed E-state index contributed by atoms with van der Waals surface area (Å²) in [4.78, 5) is 12.8. The van der Waals surface area contributed by atoms with E-state index in [0.29, 0.717) is 22.4 Å². The number of aryl methyl sites for hydroxylation is 1. The van der Waals surface area contributed by atoms with Crippen LogP contribution in [0.5, 0.6) is 0 Å². The molecule has 2 atom stereocenters. The molecule has 0 radical (unpaired) electrons. The number of primary sulfonamides is 1. The fourth-order valence-electron chi connectivity index (χ4n) is 3.88. The quantitative estimate of drug-likeness (QED) is 0.339. The minimum absolute atomic E-state index is 0.00722. The molecule has 1 amide bonds. The van der Waals surface area contributed by atoms with E-state index in [2.05, 4.69) is 5.32 Å². The van der Waals surface area contributed by atoms with E-state index in [-0.39, 0.29) is 28.5 Å². The van der Waals surface area contributed by atoms with Crippen LogP contribution in [0.1, 0.15) is 29.0 Å². The Morgan fingerprint density at radius 2 is 1.78 bits per heavy atom. The maximum Gasteiger partial charge on any atom is 0.238 e. The van der Waals surface area contributed by atoms with E-state index in [1.54, 1.807) is 42.5 Å². The topological polar surface area (TPSA) is 139 Å². The Bertz CT molecular complexity index is 1320. The summed E-state index contributed by atoms with van der Waals surface area (Å²) in [5, 5.41) is 15.9. The summed E-state index contributed by atoms with van der Waals surface area (Å²) in [7, 11) is -3.86. The van der Waals surface area contributed by atoms with Crippen LogP contribution in [0, 0.1) is 18.3 Å². The Labute approximate surface area is 187 Å². The lowest BCUT2D eigenvalue weighted by atomic mass is 10.0. The number of nitrogens with one attached hydrogen (secondary N) is 2. The Balaban J connectivity index is 1.48. The van der Waals surface area contributed by atoms with Gasteiger partial charge in [-0.05, 0) is 54.7 Å². The predicted octanol–water partition coefficient (Wildman–Crippen LogP) is 3.34. The second-order valence-corrected chi connectivity index (χ2v) is 9.63. The molecule has 0 aromatic heterocycles. The van der Waals surface area contributed by atoms with Crippen molar-refractivity contribution in [1.82, 2.24) is 0 Å². The molecule has 1 aliphatic rings. The van der Waals surface area contributed by atoms with Gasteiger partial charge in [-0.1, -0.05) is 48.0 Å². The Morgan fingerprint density at radius 1 is 1.06 bits per heavy atom. The van der Waals surface area contributed by atoms with Crippen molar-refractivity contribution in [1.29, 1.82) is 5.41 Å². The molecule has 164 valence electrons. The Morgan fingerprint density at radius 3 is 2.44 bits per heavy atom. The summed E-state index contributed by atoms with van der Waals surface area (Å²) in [5.41, 5.74) is 9.98. The SMILES string of the molecule is Cc1ccc(S(N)(=O)=O)c(-c2ccc(NC(=O)[C@@H]3C[C@H]3c3cccc(C(=N)N)c3)cc2)c1. The van der Waals surface area contributed by atoms with E-state index in [9.17, 15) is 13.2 Å². The third kappa shape index (κ3) is 4.56. The molecular formula is C24H24N4O3S. The monoisotopic (exact) mass is 448 g/mol. The second kappa shape index (κ2) is 8.22. The Kier molecular flexibility index (Phi) is 5.58. The highest BCUT2D eigenvalue weighted by atomic mass is 32.2. The Hall–Kier alpha value is -3.49. The molecule has 32 heavy (non-hydrogen) atoms. The molecule has 0 spiro atoms. The lowest BCUT2D eigenvalue weighted by Gasteiger charge is -2.11. The van der Waals surface area contributed by atoms with Crippen LogP contribution in [0.4, 0.5) is 5.69 Å². The third-order valence-corrected chi connectivity index (χ3v) is 6.63. The van der Waals surface area contributed by atoms with Crippen LogP contribution in [0.3, 0.4) is 0 Å². The van der Waals surface area contributed by atoms with Gasteiger partial charge in [-0.25, -0.2) is 13.6 Å². The highest BCUT2D eigenvalue weighted by molar-refractivity contribution is 7.89. The number of amides is 1. The van der Waals surface area contributed by atoms with Gasteiger partial charge >= 0.3 is 0 Å². The number of carbonyl (C=O) groups is 1. The summed E-state index contributed by atoms with van der Waals surface area (Å²) >= 11 is 0. The molecule has 0 bridgehead atoms. The van der Waals surface area contributed by atoms with Crippen molar-refractivity contribution in [2.45, 2.75) is 24.2 Å². The molecule has 1 aliphatic carbocycles. The predicted molar refractivity (Wildman–Crippen MR) is 125 cm³/mol. The minimum atomic E-state index is -3.86. The van der Waals surface area contributed by atoms with Gasteiger partial charge < -0.3 is 11.1 Å². The van der Waals surface area contributed by atoms with Crippen LogP contribution in [-0.2, 0) is 14.8 Å². The number of sulfonamides is 1. The maximum absolute atomic E-state index is 12.7. The highest BCUT2D eigenvalue weighted by Crippen LogP contribution is 2.48. The fourth-order valence-corrected chi connectivity index (χ4v) is 4.62. The standard InChI is InChI=1S/C24H24N4O3S/c1-14-5-10-22(32(27,30)31)20(11-14)15-6-8-18(9-7-15)28-24(29)21-13-19(21)16-3-2-4-17(12-16)23(25)26/h2-12,19,21H,13H2,1H3,(H3,25,26)(H,28,29)(H2,27,30,31)/t19-,21+/m0/s1. The first kappa shape index (κ1) is 21.7.